The zero-order chi connectivity index (χ0) is 16.7. The van der Waals surface area contributed by atoms with Crippen LogP contribution in [-0.2, 0) is 9.47 Å². The molecule has 2 saturated heterocycles. The lowest BCUT2D eigenvalue weighted by Gasteiger charge is -2.33. The molecule has 2 unspecified atom stereocenters. The van der Waals surface area contributed by atoms with Gasteiger partial charge in [-0.3, -0.25) is 0 Å². The number of halogens is 2. The van der Waals surface area contributed by atoms with E-state index in [-0.39, 0.29) is 6.61 Å². The van der Waals surface area contributed by atoms with E-state index in [0.29, 0.717) is 23.3 Å². The van der Waals surface area contributed by atoms with E-state index in [1.165, 1.54) is 0 Å². The van der Waals surface area contributed by atoms with Crippen molar-refractivity contribution in [2.24, 2.45) is 0 Å². The molecule has 1 N–H and O–H groups in total. The van der Waals surface area contributed by atoms with Crippen LogP contribution < -0.4 is 0 Å². The first-order valence-electron chi connectivity index (χ1n) is 7.78. The van der Waals surface area contributed by atoms with Crippen molar-refractivity contribution in [3.05, 3.63) is 69.7 Å². The third-order valence-electron chi connectivity index (χ3n) is 4.71. The SMILES string of the molecule is OCC12COC(c3ccccc3Cl)N1C(c1ccccc1Cl)OC2. The van der Waals surface area contributed by atoms with Gasteiger partial charge in [0.05, 0.1) is 25.4 Å². The van der Waals surface area contributed by atoms with Gasteiger partial charge in [-0.2, -0.15) is 0 Å². The van der Waals surface area contributed by atoms with Crippen LogP contribution in [0, 0.1) is 0 Å². The Hall–Kier alpha value is -1.14. The maximum absolute atomic E-state index is 10.0. The molecule has 0 radical (unpaired) electrons. The molecule has 0 aliphatic carbocycles. The van der Waals surface area contributed by atoms with Crippen molar-refractivity contribution >= 4 is 23.2 Å². The number of aliphatic hydroxyl groups excluding tert-OH is 1. The van der Waals surface area contributed by atoms with Gasteiger partial charge in [0.15, 0.2) is 0 Å². The monoisotopic (exact) mass is 365 g/mol. The summed E-state index contributed by atoms with van der Waals surface area (Å²) in [5, 5.41) is 11.3. The number of ether oxygens (including phenoxy) is 2. The second kappa shape index (κ2) is 6.30. The van der Waals surface area contributed by atoms with Crippen LogP contribution in [0.5, 0.6) is 0 Å². The van der Waals surface area contributed by atoms with Gasteiger partial charge >= 0.3 is 0 Å². The Kier molecular flexibility index (Phi) is 4.29. The molecule has 6 heteroatoms. The predicted octanol–water partition coefficient (Wildman–Crippen LogP) is 3.78. The highest BCUT2D eigenvalue weighted by molar-refractivity contribution is 6.31. The lowest BCUT2D eigenvalue weighted by molar-refractivity contribution is -0.0629. The van der Waals surface area contributed by atoms with E-state index in [1.54, 1.807) is 0 Å². The number of fused-ring (bicyclic) bond motifs is 1. The van der Waals surface area contributed by atoms with E-state index in [2.05, 4.69) is 4.90 Å². The van der Waals surface area contributed by atoms with Crippen molar-refractivity contribution < 1.29 is 14.6 Å². The van der Waals surface area contributed by atoms with Crippen LogP contribution in [0.4, 0.5) is 0 Å². The van der Waals surface area contributed by atoms with Gasteiger partial charge in [-0.1, -0.05) is 59.6 Å². The van der Waals surface area contributed by atoms with Crippen LogP contribution in [0.3, 0.4) is 0 Å². The number of benzene rings is 2. The maximum atomic E-state index is 10.0. The van der Waals surface area contributed by atoms with Gasteiger partial charge in [0, 0.05) is 21.2 Å². The van der Waals surface area contributed by atoms with Crippen LogP contribution in [0.15, 0.2) is 48.5 Å². The van der Waals surface area contributed by atoms with Crippen molar-refractivity contribution in [1.82, 2.24) is 4.90 Å². The number of nitrogens with zero attached hydrogens (tertiary/aromatic N) is 1. The average Bonchev–Trinajstić information content (AvgIpc) is 3.14. The molecule has 4 rings (SSSR count). The van der Waals surface area contributed by atoms with Crippen molar-refractivity contribution in [2.45, 2.75) is 18.0 Å². The summed E-state index contributed by atoms with van der Waals surface area (Å²) < 4.78 is 12.1. The summed E-state index contributed by atoms with van der Waals surface area (Å²) in [5.41, 5.74) is 1.13. The fourth-order valence-electron chi connectivity index (χ4n) is 3.44. The molecule has 2 fully saturated rings. The minimum atomic E-state index is -0.590. The van der Waals surface area contributed by atoms with Crippen LogP contribution in [-0.4, -0.2) is 35.4 Å². The van der Waals surface area contributed by atoms with Crippen molar-refractivity contribution in [3.8, 4) is 0 Å². The minimum Gasteiger partial charge on any atom is -0.394 e. The Morgan fingerprint density at radius 1 is 0.917 bits per heavy atom. The molecule has 2 atom stereocenters. The van der Waals surface area contributed by atoms with Gasteiger partial charge in [0.2, 0.25) is 0 Å². The molecule has 2 aliphatic rings. The fourth-order valence-corrected chi connectivity index (χ4v) is 3.90. The van der Waals surface area contributed by atoms with Crippen molar-refractivity contribution in [3.63, 3.8) is 0 Å². The first-order chi connectivity index (χ1) is 11.7. The highest BCUT2D eigenvalue weighted by Gasteiger charge is 2.57. The van der Waals surface area contributed by atoms with Crippen LogP contribution >= 0.6 is 23.2 Å². The Morgan fingerprint density at radius 2 is 1.38 bits per heavy atom. The Morgan fingerprint density at radius 3 is 1.79 bits per heavy atom. The normalized spacial score (nSPS) is 29.8. The lowest BCUT2D eigenvalue weighted by Crippen LogP contribution is -2.47. The summed E-state index contributed by atoms with van der Waals surface area (Å²) in [5.74, 6) is 0. The summed E-state index contributed by atoms with van der Waals surface area (Å²) in [7, 11) is 0. The van der Waals surface area contributed by atoms with Crippen molar-refractivity contribution in [2.75, 3.05) is 19.8 Å². The number of aliphatic hydroxyl groups is 1. The quantitative estimate of drug-likeness (QED) is 0.898. The lowest BCUT2D eigenvalue weighted by atomic mass is 10.0. The second-order valence-electron chi connectivity index (χ2n) is 6.16. The van der Waals surface area contributed by atoms with E-state index in [9.17, 15) is 5.11 Å². The third kappa shape index (κ3) is 2.46. The second-order valence-corrected chi connectivity index (χ2v) is 6.97. The Balaban J connectivity index is 1.79. The Bertz CT molecular complexity index is 697. The van der Waals surface area contributed by atoms with Gasteiger partial charge < -0.3 is 14.6 Å². The van der Waals surface area contributed by atoms with Crippen LogP contribution in [0.25, 0.3) is 0 Å². The van der Waals surface area contributed by atoms with E-state index in [1.807, 2.05) is 48.5 Å². The van der Waals surface area contributed by atoms with Gasteiger partial charge in [0.1, 0.15) is 12.5 Å². The third-order valence-corrected chi connectivity index (χ3v) is 5.40. The van der Waals surface area contributed by atoms with Crippen LogP contribution in [0.1, 0.15) is 23.6 Å². The van der Waals surface area contributed by atoms with Crippen molar-refractivity contribution in [1.29, 1.82) is 0 Å². The van der Waals surface area contributed by atoms with E-state index < -0.39 is 18.0 Å². The zero-order valence-corrected chi connectivity index (χ0v) is 14.4. The molecular formula is C18H17Cl2NO3. The van der Waals surface area contributed by atoms with Gasteiger partial charge in [-0.05, 0) is 12.1 Å². The highest BCUT2D eigenvalue weighted by Crippen LogP contribution is 2.50. The largest absolute Gasteiger partial charge is 0.394 e. The maximum Gasteiger partial charge on any atom is 0.141 e. The molecule has 0 saturated carbocycles. The molecular weight excluding hydrogens is 349 g/mol. The summed E-state index contributed by atoms with van der Waals surface area (Å²) in [4.78, 5) is 2.05. The first-order valence-corrected chi connectivity index (χ1v) is 8.53. The first kappa shape index (κ1) is 16.3. The highest BCUT2D eigenvalue weighted by atomic mass is 35.5. The van der Waals surface area contributed by atoms with Gasteiger partial charge in [0.25, 0.3) is 0 Å². The summed E-state index contributed by atoms with van der Waals surface area (Å²) in [6, 6.07) is 15.1. The molecule has 4 nitrogen and oxygen atoms in total. The standard InChI is InChI=1S/C18H17Cl2NO3/c19-14-7-3-1-5-12(14)16-21-17(13-6-2-4-8-15(13)20)24-11-18(21,9-22)10-23-16/h1-8,16-17,22H,9-11H2. The number of rotatable bonds is 3. The molecule has 0 aromatic heterocycles. The zero-order valence-electron chi connectivity index (χ0n) is 12.9. The summed E-state index contributed by atoms with van der Waals surface area (Å²) in [6.45, 7) is 0.690. The fraction of sp³-hybridized carbons (Fsp3) is 0.333. The van der Waals surface area contributed by atoms with Gasteiger partial charge in [-0.25, -0.2) is 4.90 Å². The smallest absolute Gasteiger partial charge is 0.141 e. The average molecular weight is 366 g/mol. The van der Waals surface area contributed by atoms with E-state index in [0.717, 1.165) is 11.1 Å². The predicted molar refractivity (Wildman–Crippen MR) is 91.9 cm³/mol. The van der Waals surface area contributed by atoms with Crippen LogP contribution in [0.2, 0.25) is 10.0 Å². The molecule has 2 aromatic carbocycles. The molecule has 2 aliphatic heterocycles. The molecule has 0 spiro atoms. The summed E-state index contributed by atoms with van der Waals surface area (Å²) >= 11 is 12.7. The summed E-state index contributed by atoms with van der Waals surface area (Å²) in [6.07, 6.45) is -0.788. The molecule has 2 aromatic rings. The van der Waals surface area contributed by atoms with E-state index >= 15 is 0 Å². The minimum absolute atomic E-state index is 0.0606. The molecule has 2 heterocycles. The molecule has 24 heavy (non-hydrogen) atoms. The number of hydrogen-bond acceptors (Lipinski definition) is 4. The molecule has 0 bridgehead atoms. The molecule has 126 valence electrons. The topological polar surface area (TPSA) is 41.9 Å². The van der Waals surface area contributed by atoms with Gasteiger partial charge in [-0.15, -0.1) is 0 Å². The van der Waals surface area contributed by atoms with E-state index in [4.69, 9.17) is 32.7 Å². The number of hydrogen-bond donors (Lipinski definition) is 1. The Labute approximate surface area is 150 Å². The molecule has 0 amide bonds.